The van der Waals surface area contributed by atoms with Gasteiger partial charge in [-0.15, -0.1) is 0 Å². The molecular weight excluding hydrogens is 300 g/mol. The molecule has 1 aromatic carbocycles. The molecule has 0 bridgehead atoms. The van der Waals surface area contributed by atoms with Crippen molar-refractivity contribution in [1.82, 2.24) is 4.90 Å². The van der Waals surface area contributed by atoms with Crippen molar-refractivity contribution in [3.8, 4) is 0 Å². The van der Waals surface area contributed by atoms with Crippen LogP contribution in [0.25, 0.3) is 0 Å². The third kappa shape index (κ3) is 2.65. The number of amides is 1. The standard InChI is InChI=1S/C16H22N2O3S/c1-11-14(9-4-10-15(11)22(17,20)21)16(19)18(12-5-2-6-12)13-7-3-8-13/h4,9-10,12-13H,2-3,5-8H2,1H3,(H2,17,20,21). The molecule has 2 aliphatic carbocycles. The quantitative estimate of drug-likeness (QED) is 0.922. The molecule has 0 aliphatic heterocycles. The zero-order valence-electron chi connectivity index (χ0n) is 12.8. The molecule has 22 heavy (non-hydrogen) atoms. The number of hydrogen-bond acceptors (Lipinski definition) is 3. The third-order valence-corrected chi connectivity index (χ3v) is 6.05. The van der Waals surface area contributed by atoms with Crippen LogP contribution in [0, 0.1) is 6.92 Å². The lowest BCUT2D eigenvalue weighted by atomic mass is 9.84. The summed E-state index contributed by atoms with van der Waals surface area (Å²) >= 11 is 0. The van der Waals surface area contributed by atoms with Crippen LogP contribution in [0.15, 0.2) is 23.1 Å². The molecule has 1 amide bonds. The maximum Gasteiger partial charge on any atom is 0.254 e. The highest BCUT2D eigenvalue weighted by Crippen LogP contribution is 2.35. The van der Waals surface area contributed by atoms with Gasteiger partial charge in [0, 0.05) is 17.6 Å². The first-order valence-corrected chi connectivity index (χ1v) is 9.39. The van der Waals surface area contributed by atoms with Crippen LogP contribution in [0.1, 0.15) is 54.4 Å². The van der Waals surface area contributed by atoms with Gasteiger partial charge in [0.1, 0.15) is 0 Å². The first-order chi connectivity index (χ1) is 10.4. The summed E-state index contributed by atoms with van der Waals surface area (Å²) < 4.78 is 23.3. The van der Waals surface area contributed by atoms with Crippen LogP contribution in [0.2, 0.25) is 0 Å². The van der Waals surface area contributed by atoms with Gasteiger partial charge < -0.3 is 4.90 Å². The zero-order chi connectivity index (χ0) is 15.9. The fraction of sp³-hybridized carbons (Fsp3) is 0.562. The van der Waals surface area contributed by atoms with Crippen molar-refractivity contribution in [2.75, 3.05) is 0 Å². The van der Waals surface area contributed by atoms with Crippen molar-refractivity contribution in [2.45, 2.75) is 62.4 Å². The van der Waals surface area contributed by atoms with Crippen LogP contribution < -0.4 is 5.14 Å². The highest BCUT2D eigenvalue weighted by Gasteiger charge is 2.37. The number of carbonyl (C=O) groups excluding carboxylic acids is 1. The number of carbonyl (C=O) groups is 1. The van der Waals surface area contributed by atoms with E-state index in [9.17, 15) is 13.2 Å². The Balaban J connectivity index is 1.96. The second-order valence-corrected chi connectivity index (χ2v) is 7.89. The Labute approximate surface area is 131 Å². The summed E-state index contributed by atoms with van der Waals surface area (Å²) in [4.78, 5) is 15.0. The van der Waals surface area contributed by atoms with Crippen molar-refractivity contribution >= 4 is 15.9 Å². The van der Waals surface area contributed by atoms with E-state index in [1.54, 1.807) is 19.1 Å². The lowest BCUT2D eigenvalue weighted by Crippen LogP contribution is -2.52. The van der Waals surface area contributed by atoms with Gasteiger partial charge in [0.15, 0.2) is 0 Å². The summed E-state index contributed by atoms with van der Waals surface area (Å²) in [5.41, 5.74) is 0.920. The molecule has 3 rings (SSSR count). The minimum atomic E-state index is -3.81. The number of sulfonamides is 1. The van der Waals surface area contributed by atoms with E-state index in [1.807, 2.05) is 4.90 Å². The van der Waals surface area contributed by atoms with Crippen molar-refractivity contribution in [1.29, 1.82) is 0 Å². The van der Waals surface area contributed by atoms with E-state index in [0.29, 0.717) is 23.2 Å². The molecule has 0 aromatic heterocycles. The molecule has 120 valence electrons. The van der Waals surface area contributed by atoms with Crippen LogP contribution in [-0.4, -0.2) is 31.3 Å². The van der Waals surface area contributed by atoms with E-state index < -0.39 is 10.0 Å². The van der Waals surface area contributed by atoms with Gasteiger partial charge in [-0.1, -0.05) is 6.07 Å². The fourth-order valence-corrected chi connectivity index (χ4v) is 4.06. The van der Waals surface area contributed by atoms with Gasteiger partial charge in [0.2, 0.25) is 10.0 Å². The first-order valence-electron chi connectivity index (χ1n) is 7.84. The normalized spacial score (nSPS) is 19.4. The van der Waals surface area contributed by atoms with Crippen LogP contribution in [0.3, 0.4) is 0 Å². The Morgan fingerprint density at radius 2 is 1.68 bits per heavy atom. The van der Waals surface area contributed by atoms with E-state index in [2.05, 4.69) is 0 Å². The van der Waals surface area contributed by atoms with Gasteiger partial charge in [0.25, 0.3) is 5.91 Å². The number of benzene rings is 1. The summed E-state index contributed by atoms with van der Waals surface area (Å²) in [6, 6.07) is 5.39. The maximum atomic E-state index is 13.0. The molecule has 0 atom stereocenters. The SMILES string of the molecule is Cc1c(C(=O)N(C2CCC2)C2CCC2)cccc1S(N)(=O)=O. The van der Waals surface area contributed by atoms with Gasteiger partial charge in [-0.05, 0) is 63.1 Å². The minimum Gasteiger partial charge on any atom is -0.333 e. The number of primary sulfonamides is 1. The van der Waals surface area contributed by atoms with Crippen molar-refractivity contribution < 1.29 is 13.2 Å². The predicted octanol–water partition coefficient (Wildman–Crippen LogP) is 2.19. The predicted molar refractivity (Wildman–Crippen MR) is 84.0 cm³/mol. The fourth-order valence-electron chi connectivity index (χ4n) is 3.25. The molecule has 5 nitrogen and oxygen atoms in total. The average Bonchev–Trinajstić information content (AvgIpc) is 2.31. The second-order valence-electron chi connectivity index (χ2n) is 6.36. The molecule has 0 radical (unpaired) electrons. The molecule has 2 saturated carbocycles. The van der Waals surface area contributed by atoms with Crippen LogP contribution >= 0.6 is 0 Å². The van der Waals surface area contributed by atoms with Crippen LogP contribution in [0.4, 0.5) is 0 Å². The van der Waals surface area contributed by atoms with Crippen LogP contribution in [0.5, 0.6) is 0 Å². The van der Waals surface area contributed by atoms with E-state index in [4.69, 9.17) is 5.14 Å². The largest absolute Gasteiger partial charge is 0.333 e. The minimum absolute atomic E-state index is 0.0421. The Morgan fingerprint density at radius 1 is 1.14 bits per heavy atom. The summed E-state index contributed by atoms with van der Waals surface area (Å²) in [7, 11) is -3.81. The number of rotatable bonds is 4. The lowest BCUT2D eigenvalue weighted by molar-refractivity contribution is 0.0284. The summed E-state index contributed by atoms with van der Waals surface area (Å²) in [5.74, 6) is -0.0441. The smallest absolute Gasteiger partial charge is 0.254 e. The Bertz CT molecular complexity index is 677. The lowest BCUT2D eigenvalue weighted by Gasteiger charge is -2.46. The van der Waals surface area contributed by atoms with E-state index in [1.165, 1.54) is 6.07 Å². The van der Waals surface area contributed by atoms with Crippen molar-refractivity contribution in [2.24, 2.45) is 5.14 Å². The van der Waals surface area contributed by atoms with E-state index in [-0.39, 0.29) is 10.8 Å². The molecule has 0 unspecified atom stereocenters. The molecule has 2 fully saturated rings. The van der Waals surface area contributed by atoms with E-state index >= 15 is 0 Å². The van der Waals surface area contributed by atoms with Gasteiger partial charge in [0.05, 0.1) is 4.90 Å². The molecule has 0 saturated heterocycles. The van der Waals surface area contributed by atoms with Crippen LogP contribution in [-0.2, 0) is 10.0 Å². The number of nitrogens with two attached hydrogens (primary N) is 1. The molecule has 2 N–H and O–H groups in total. The van der Waals surface area contributed by atoms with Crippen molar-refractivity contribution in [3.05, 3.63) is 29.3 Å². The Kier molecular flexibility index (Phi) is 3.99. The maximum absolute atomic E-state index is 13.0. The molecule has 0 spiro atoms. The highest BCUT2D eigenvalue weighted by molar-refractivity contribution is 7.89. The zero-order valence-corrected chi connectivity index (χ0v) is 13.6. The third-order valence-electron chi connectivity index (χ3n) is 4.99. The number of hydrogen-bond donors (Lipinski definition) is 1. The molecule has 2 aliphatic rings. The first kappa shape index (κ1) is 15.5. The summed E-state index contributed by atoms with van der Waals surface area (Å²) in [5, 5.41) is 5.24. The van der Waals surface area contributed by atoms with E-state index in [0.717, 1.165) is 38.5 Å². The molecule has 1 aromatic rings. The molecular formula is C16H22N2O3S. The van der Waals surface area contributed by atoms with Gasteiger partial charge in [-0.25, -0.2) is 13.6 Å². The molecule has 6 heteroatoms. The summed E-state index contributed by atoms with van der Waals surface area (Å²) in [6.07, 6.45) is 6.54. The highest BCUT2D eigenvalue weighted by atomic mass is 32.2. The average molecular weight is 322 g/mol. The van der Waals surface area contributed by atoms with Crippen molar-refractivity contribution in [3.63, 3.8) is 0 Å². The monoisotopic (exact) mass is 322 g/mol. The number of nitrogens with zero attached hydrogens (tertiary/aromatic N) is 1. The Hall–Kier alpha value is -1.40. The Morgan fingerprint density at radius 3 is 2.09 bits per heavy atom. The van der Waals surface area contributed by atoms with Gasteiger partial charge >= 0.3 is 0 Å². The van der Waals surface area contributed by atoms with Gasteiger partial charge in [-0.2, -0.15) is 0 Å². The van der Waals surface area contributed by atoms with Gasteiger partial charge in [-0.3, -0.25) is 4.79 Å². The summed E-state index contributed by atoms with van der Waals surface area (Å²) in [6.45, 7) is 1.66. The topological polar surface area (TPSA) is 80.5 Å². The molecule has 0 heterocycles. The second kappa shape index (κ2) is 5.66.